The van der Waals surface area contributed by atoms with Crippen LogP contribution in [0.1, 0.15) is 73.8 Å². The van der Waals surface area contributed by atoms with Crippen molar-refractivity contribution in [2.24, 2.45) is 5.92 Å². The number of ether oxygens (including phenoxy) is 2. The van der Waals surface area contributed by atoms with E-state index in [1.807, 2.05) is 18.2 Å². The molecule has 1 N–H and O–H groups in total. The zero-order chi connectivity index (χ0) is 27.9. The van der Waals surface area contributed by atoms with Crippen LogP contribution in [-0.4, -0.2) is 40.2 Å². The normalized spacial score (nSPS) is 20.4. The lowest BCUT2D eigenvalue weighted by Crippen LogP contribution is -2.48. The van der Waals surface area contributed by atoms with Gasteiger partial charge in [-0.25, -0.2) is 9.37 Å². The molecule has 210 valence electrons. The maximum absolute atomic E-state index is 15.1. The van der Waals surface area contributed by atoms with Gasteiger partial charge in [-0.3, -0.25) is 9.69 Å². The summed E-state index contributed by atoms with van der Waals surface area (Å²) in [5.74, 6) is -0.392. The number of aryl methyl sites for hydroxylation is 1. The number of pyridine rings is 1. The Morgan fingerprint density at radius 3 is 2.75 bits per heavy atom. The number of nitrogens with zero attached hydrogens (tertiary/aromatic N) is 2. The molecule has 2 aliphatic heterocycles. The average molecular weight is 545 g/mol. The topological polar surface area (TPSA) is 71.9 Å². The minimum atomic E-state index is -0.797. The quantitative estimate of drug-likeness (QED) is 0.339. The van der Waals surface area contributed by atoms with Crippen molar-refractivity contribution in [2.75, 3.05) is 13.7 Å². The van der Waals surface area contributed by atoms with Crippen LogP contribution in [0, 0.1) is 11.7 Å². The zero-order valence-electron chi connectivity index (χ0n) is 23.3. The molecule has 1 spiro atoms. The minimum Gasteiger partial charge on any atom is -0.485 e. The van der Waals surface area contributed by atoms with Gasteiger partial charge >= 0.3 is 5.97 Å². The number of hydrogen-bond acceptors (Lipinski definition) is 5. The molecule has 2 aromatic carbocycles. The number of halogens is 1. The van der Waals surface area contributed by atoms with Gasteiger partial charge in [-0.05, 0) is 91.8 Å². The second kappa shape index (κ2) is 10.8. The lowest BCUT2D eigenvalue weighted by Gasteiger charge is -2.46. The largest absolute Gasteiger partial charge is 0.485 e. The summed E-state index contributed by atoms with van der Waals surface area (Å²) >= 11 is 0. The molecule has 40 heavy (non-hydrogen) atoms. The molecule has 7 heteroatoms. The molecule has 2 atom stereocenters. The van der Waals surface area contributed by atoms with E-state index in [0.29, 0.717) is 23.4 Å². The highest BCUT2D eigenvalue weighted by molar-refractivity contribution is 5.70. The molecule has 1 saturated carbocycles. The predicted molar refractivity (Wildman–Crippen MR) is 151 cm³/mol. The third-order valence-electron chi connectivity index (χ3n) is 9.26. The minimum absolute atomic E-state index is 0.125. The Labute approximate surface area is 235 Å². The Kier molecular flexibility index (Phi) is 7.26. The molecule has 2 fully saturated rings. The van der Waals surface area contributed by atoms with Gasteiger partial charge in [0.15, 0.2) is 0 Å². The Morgan fingerprint density at radius 1 is 1.18 bits per heavy atom. The van der Waals surface area contributed by atoms with Crippen molar-refractivity contribution >= 4 is 5.97 Å². The van der Waals surface area contributed by atoms with Gasteiger partial charge in [0.1, 0.15) is 17.7 Å². The summed E-state index contributed by atoms with van der Waals surface area (Å²) in [7, 11) is 1.55. The second-order valence-corrected chi connectivity index (χ2v) is 11.8. The summed E-state index contributed by atoms with van der Waals surface area (Å²) in [6, 6.07) is 14.0. The van der Waals surface area contributed by atoms with Crippen LogP contribution >= 0.6 is 0 Å². The fraction of sp³-hybridized carbons (Fsp3) is 0.455. The number of rotatable bonds is 8. The van der Waals surface area contributed by atoms with E-state index in [1.165, 1.54) is 38.3 Å². The first kappa shape index (κ1) is 26.8. The molecular weight excluding hydrogens is 507 g/mol. The molecular formula is C33H37FN2O4. The summed E-state index contributed by atoms with van der Waals surface area (Å²) in [6.07, 6.45) is 9.52. The molecule has 6 nitrogen and oxygen atoms in total. The number of methoxy groups -OCH3 is 1. The van der Waals surface area contributed by atoms with Crippen LogP contribution in [0.4, 0.5) is 4.39 Å². The summed E-state index contributed by atoms with van der Waals surface area (Å²) in [5.41, 5.74) is 5.95. The first-order chi connectivity index (χ1) is 19.3. The van der Waals surface area contributed by atoms with Crippen molar-refractivity contribution < 1.29 is 23.8 Å². The zero-order valence-corrected chi connectivity index (χ0v) is 23.3. The van der Waals surface area contributed by atoms with Crippen molar-refractivity contribution in [3.63, 3.8) is 0 Å². The number of hydrogen-bond donors (Lipinski definition) is 1. The molecule has 1 aliphatic carbocycles. The van der Waals surface area contributed by atoms with Crippen molar-refractivity contribution in [3.8, 4) is 22.8 Å². The van der Waals surface area contributed by atoms with E-state index in [-0.39, 0.29) is 11.9 Å². The Balaban J connectivity index is 1.32. The second-order valence-electron chi connectivity index (χ2n) is 11.8. The molecule has 0 amide bonds. The smallest absolute Gasteiger partial charge is 0.306 e. The third-order valence-corrected chi connectivity index (χ3v) is 9.26. The van der Waals surface area contributed by atoms with Gasteiger partial charge in [0.2, 0.25) is 5.88 Å². The lowest BCUT2D eigenvalue weighted by atomic mass is 9.74. The van der Waals surface area contributed by atoms with Gasteiger partial charge in [0.25, 0.3) is 0 Å². The van der Waals surface area contributed by atoms with Gasteiger partial charge in [0.05, 0.1) is 19.2 Å². The number of benzene rings is 2. The number of fused-ring (bicyclic) bond motifs is 1. The van der Waals surface area contributed by atoms with E-state index in [0.717, 1.165) is 59.5 Å². The van der Waals surface area contributed by atoms with E-state index in [2.05, 4.69) is 28.1 Å². The van der Waals surface area contributed by atoms with Crippen LogP contribution < -0.4 is 9.47 Å². The van der Waals surface area contributed by atoms with Crippen LogP contribution in [0.25, 0.3) is 11.1 Å². The summed E-state index contributed by atoms with van der Waals surface area (Å²) in [4.78, 5) is 18.0. The highest BCUT2D eigenvalue weighted by atomic mass is 19.1. The first-order valence-electron chi connectivity index (χ1n) is 14.4. The van der Waals surface area contributed by atoms with Gasteiger partial charge < -0.3 is 14.6 Å². The summed E-state index contributed by atoms with van der Waals surface area (Å²) < 4.78 is 27.0. The molecule has 3 heterocycles. The summed E-state index contributed by atoms with van der Waals surface area (Å²) in [5, 5.41) is 9.33. The van der Waals surface area contributed by atoms with Crippen molar-refractivity contribution in [2.45, 2.75) is 76.5 Å². The SMILES string of the molecule is COc1cc(-c2ccc([C@@H]3CCc4ccc(C[C@H](C)C(=O)O)cc4O3)cc2CN2CCCC23CCC3)c(F)cn1. The van der Waals surface area contributed by atoms with Gasteiger partial charge in [0, 0.05) is 23.7 Å². The van der Waals surface area contributed by atoms with E-state index in [9.17, 15) is 9.90 Å². The molecule has 0 radical (unpaired) electrons. The number of carboxylic acids is 1. The molecule has 0 unspecified atom stereocenters. The van der Waals surface area contributed by atoms with Crippen molar-refractivity contribution in [3.05, 3.63) is 76.7 Å². The van der Waals surface area contributed by atoms with Gasteiger partial charge in [-0.2, -0.15) is 0 Å². The highest BCUT2D eigenvalue weighted by Crippen LogP contribution is 2.47. The monoisotopic (exact) mass is 544 g/mol. The highest BCUT2D eigenvalue weighted by Gasteiger charge is 2.45. The van der Waals surface area contributed by atoms with E-state index < -0.39 is 11.9 Å². The van der Waals surface area contributed by atoms with Crippen LogP contribution in [0.2, 0.25) is 0 Å². The van der Waals surface area contributed by atoms with Crippen LogP contribution in [0.15, 0.2) is 48.7 Å². The number of carbonyl (C=O) groups is 1. The first-order valence-corrected chi connectivity index (χ1v) is 14.4. The van der Waals surface area contributed by atoms with Gasteiger partial charge in [-0.1, -0.05) is 37.3 Å². The molecule has 6 rings (SSSR count). The maximum atomic E-state index is 15.1. The Bertz CT molecular complexity index is 1420. The van der Waals surface area contributed by atoms with E-state index >= 15 is 4.39 Å². The van der Waals surface area contributed by atoms with Gasteiger partial charge in [-0.15, -0.1) is 0 Å². The standard InChI is InChI=1S/C33H37FN2O4/c1-21(32(37)38)15-22-5-6-23-8-10-29(40-30(23)16-22)24-7-9-26(27-18-31(39-2)35-19-28(27)34)25(17-24)20-36-14-4-13-33(36)11-3-12-33/h5-7,9,16-19,21,29H,3-4,8,10-15,20H2,1-2H3,(H,37,38)/t21-,29-/m0/s1. The lowest BCUT2D eigenvalue weighted by molar-refractivity contribution is -0.141. The molecule has 3 aromatic rings. The summed E-state index contributed by atoms with van der Waals surface area (Å²) in [6.45, 7) is 3.56. The molecule has 3 aliphatic rings. The fourth-order valence-electron chi connectivity index (χ4n) is 6.76. The maximum Gasteiger partial charge on any atom is 0.306 e. The van der Waals surface area contributed by atoms with Crippen molar-refractivity contribution in [1.82, 2.24) is 9.88 Å². The Hall–Kier alpha value is -3.45. The van der Waals surface area contributed by atoms with Crippen molar-refractivity contribution in [1.29, 1.82) is 0 Å². The molecule has 1 aromatic heterocycles. The van der Waals surface area contributed by atoms with E-state index in [1.54, 1.807) is 20.1 Å². The molecule has 0 bridgehead atoms. The van der Waals surface area contributed by atoms with Crippen LogP contribution in [0.5, 0.6) is 11.6 Å². The van der Waals surface area contributed by atoms with Crippen LogP contribution in [0.3, 0.4) is 0 Å². The number of likely N-dealkylation sites (tertiary alicyclic amines) is 1. The predicted octanol–water partition coefficient (Wildman–Crippen LogP) is 6.74. The average Bonchev–Trinajstić information content (AvgIpc) is 3.37. The Morgan fingerprint density at radius 2 is 2.00 bits per heavy atom. The molecule has 1 saturated heterocycles. The number of carboxylic acid groups (broad SMARTS) is 1. The number of aromatic nitrogens is 1. The number of aliphatic carboxylic acids is 1. The third kappa shape index (κ3) is 5.07. The van der Waals surface area contributed by atoms with E-state index in [4.69, 9.17) is 9.47 Å². The fourth-order valence-corrected chi connectivity index (χ4v) is 6.76. The van der Waals surface area contributed by atoms with Crippen LogP contribution in [-0.2, 0) is 24.2 Å².